The van der Waals surface area contributed by atoms with Crippen LogP contribution in [-0.4, -0.2) is 77.9 Å². The molecule has 4 amide bonds. The highest BCUT2D eigenvalue weighted by molar-refractivity contribution is 5.95. The van der Waals surface area contributed by atoms with Crippen molar-refractivity contribution in [3.05, 3.63) is 0 Å². The van der Waals surface area contributed by atoms with Crippen molar-refractivity contribution in [1.29, 1.82) is 0 Å². The minimum absolute atomic E-state index is 0.0720. The van der Waals surface area contributed by atoms with E-state index in [0.717, 1.165) is 6.42 Å². The molecule has 1 aliphatic heterocycles. The lowest BCUT2D eigenvalue weighted by Crippen LogP contribution is -2.58. The Morgan fingerprint density at radius 2 is 1.71 bits per heavy atom. The molecule has 14 nitrogen and oxygen atoms in total. The van der Waals surface area contributed by atoms with Gasteiger partial charge in [0.1, 0.15) is 18.1 Å². The fourth-order valence-electron chi connectivity index (χ4n) is 3.57. The van der Waals surface area contributed by atoms with Crippen LogP contribution in [0.3, 0.4) is 0 Å². The van der Waals surface area contributed by atoms with Gasteiger partial charge in [0.2, 0.25) is 23.6 Å². The number of guanidine groups is 1. The summed E-state index contributed by atoms with van der Waals surface area (Å²) in [6.45, 7) is 4.55. The molecule has 0 aromatic rings. The summed E-state index contributed by atoms with van der Waals surface area (Å²) in [6, 6.07) is -4.03. The normalized spacial score (nSPS) is 18.4. The lowest BCUT2D eigenvalue weighted by molar-refractivity contribution is -0.143. The quantitative estimate of drug-likeness (QED) is 0.0661. The molecule has 1 aliphatic rings. The Bertz CT molecular complexity index is 795. The monoisotopic (exact) mass is 498 g/mol. The molecule has 5 atom stereocenters. The molecule has 0 spiro atoms. The molecule has 1 saturated heterocycles. The van der Waals surface area contributed by atoms with E-state index in [9.17, 15) is 29.1 Å². The largest absolute Gasteiger partial charge is 0.480 e. The fourth-order valence-corrected chi connectivity index (χ4v) is 3.57. The van der Waals surface area contributed by atoms with Crippen LogP contribution in [0.15, 0.2) is 4.99 Å². The van der Waals surface area contributed by atoms with Gasteiger partial charge in [0.15, 0.2) is 5.96 Å². The van der Waals surface area contributed by atoms with E-state index >= 15 is 0 Å². The summed E-state index contributed by atoms with van der Waals surface area (Å²) in [5, 5.41) is 20.0. The van der Waals surface area contributed by atoms with Gasteiger partial charge in [-0.1, -0.05) is 20.3 Å². The van der Waals surface area contributed by atoms with E-state index in [1.165, 1.54) is 0 Å². The number of hydrogen-bond donors (Lipinski definition) is 8. The van der Waals surface area contributed by atoms with Crippen LogP contribution in [0.1, 0.15) is 52.4 Å². The Kier molecular flexibility index (Phi) is 12.5. The second-order valence-corrected chi connectivity index (χ2v) is 8.60. The first-order valence-corrected chi connectivity index (χ1v) is 11.7. The maximum Gasteiger partial charge on any atom is 0.326 e. The average molecular weight is 499 g/mol. The third kappa shape index (κ3) is 10.6. The number of nitrogens with one attached hydrogen (secondary N) is 4. The first-order chi connectivity index (χ1) is 16.5. The van der Waals surface area contributed by atoms with Crippen LogP contribution in [0.4, 0.5) is 0 Å². The van der Waals surface area contributed by atoms with Crippen molar-refractivity contribution in [3.8, 4) is 0 Å². The molecule has 5 unspecified atom stereocenters. The second kappa shape index (κ2) is 14.8. The van der Waals surface area contributed by atoms with Crippen molar-refractivity contribution < 1.29 is 29.1 Å². The van der Waals surface area contributed by atoms with Crippen LogP contribution >= 0.6 is 0 Å². The Morgan fingerprint density at radius 1 is 1.06 bits per heavy atom. The van der Waals surface area contributed by atoms with Gasteiger partial charge in [0.05, 0.1) is 12.5 Å². The minimum atomic E-state index is -1.56. The first kappa shape index (κ1) is 29.6. The maximum absolute atomic E-state index is 13.2. The number of carbonyl (C=O) groups is 5. The summed E-state index contributed by atoms with van der Waals surface area (Å²) < 4.78 is 0. The summed E-state index contributed by atoms with van der Waals surface area (Å²) >= 11 is 0. The molecule has 0 aromatic heterocycles. The molecule has 0 saturated carbocycles. The second-order valence-electron chi connectivity index (χ2n) is 8.60. The molecular formula is C21H38N8O6. The molecule has 1 fully saturated rings. The molecule has 35 heavy (non-hydrogen) atoms. The van der Waals surface area contributed by atoms with Crippen molar-refractivity contribution in [2.75, 3.05) is 13.1 Å². The van der Waals surface area contributed by atoms with Gasteiger partial charge in [-0.15, -0.1) is 0 Å². The predicted molar refractivity (Wildman–Crippen MR) is 128 cm³/mol. The van der Waals surface area contributed by atoms with Crippen LogP contribution in [0.25, 0.3) is 0 Å². The minimum Gasteiger partial charge on any atom is -0.480 e. The number of carboxylic acid groups (broad SMARTS) is 1. The molecule has 14 heteroatoms. The zero-order valence-electron chi connectivity index (χ0n) is 20.2. The SMILES string of the molecule is CCC(C)C(NC(=O)C1CCCN1)C(=O)NC(CCCN=C(N)N)C(=O)NC(CC(N)=O)C(=O)O. The van der Waals surface area contributed by atoms with Crippen LogP contribution < -0.4 is 38.5 Å². The van der Waals surface area contributed by atoms with Crippen LogP contribution in [-0.2, 0) is 24.0 Å². The van der Waals surface area contributed by atoms with Crippen molar-refractivity contribution in [3.63, 3.8) is 0 Å². The van der Waals surface area contributed by atoms with Gasteiger partial charge in [-0.3, -0.25) is 24.2 Å². The van der Waals surface area contributed by atoms with E-state index in [-0.39, 0.29) is 37.2 Å². The van der Waals surface area contributed by atoms with E-state index in [0.29, 0.717) is 19.4 Å². The van der Waals surface area contributed by atoms with Gasteiger partial charge in [0.25, 0.3) is 0 Å². The van der Waals surface area contributed by atoms with E-state index in [1.54, 1.807) is 6.92 Å². The highest BCUT2D eigenvalue weighted by Crippen LogP contribution is 2.12. The highest BCUT2D eigenvalue weighted by Gasteiger charge is 2.33. The number of carboxylic acids is 1. The Hall–Kier alpha value is -3.42. The Morgan fingerprint density at radius 3 is 2.23 bits per heavy atom. The number of hydrogen-bond acceptors (Lipinski definition) is 7. The van der Waals surface area contributed by atoms with Crippen molar-refractivity contribution in [2.24, 2.45) is 28.1 Å². The fraction of sp³-hybridized carbons (Fsp3) is 0.714. The summed E-state index contributed by atoms with van der Waals surface area (Å²) in [6.07, 6.45) is 1.84. The topological polar surface area (TPSA) is 244 Å². The van der Waals surface area contributed by atoms with Crippen molar-refractivity contribution >= 4 is 35.6 Å². The number of amides is 4. The average Bonchev–Trinajstić information content (AvgIpc) is 3.32. The van der Waals surface area contributed by atoms with Crippen molar-refractivity contribution in [1.82, 2.24) is 21.3 Å². The highest BCUT2D eigenvalue weighted by atomic mass is 16.4. The van der Waals surface area contributed by atoms with E-state index < -0.39 is 54.3 Å². The number of aliphatic carboxylic acids is 1. The molecule has 0 bridgehead atoms. The van der Waals surface area contributed by atoms with Gasteiger partial charge < -0.3 is 43.6 Å². The van der Waals surface area contributed by atoms with Gasteiger partial charge in [-0.05, 0) is 38.1 Å². The lowest BCUT2D eigenvalue weighted by Gasteiger charge is -2.28. The van der Waals surface area contributed by atoms with Crippen LogP contribution in [0.2, 0.25) is 0 Å². The maximum atomic E-state index is 13.2. The van der Waals surface area contributed by atoms with Crippen molar-refractivity contribution in [2.45, 2.75) is 76.5 Å². The summed E-state index contributed by atoms with van der Waals surface area (Å²) in [4.78, 5) is 65.1. The van der Waals surface area contributed by atoms with Gasteiger partial charge in [-0.2, -0.15) is 0 Å². The van der Waals surface area contributed by atoms with Gasteiger partial charge >= 0.3 is 5.97 Å². The molecule has 1 heterocycles. The van der Waals surface area contributed by atoms with Gasteiger partial charge in [-0.25, -0.2) is 4.79 Å². The molecular weight excluding hydrogens is 460 g/mol. The van der Waals surface area contributed by atoms with Crippen LogP contribution in [0.5, 0.6) is 0 Å². The molecule has 1 rings (SSSR count). The number of primary amides is 1. The number of carbonyl (C=O) groups excluding carboxylic acids is 4. The first-order valence-electron chi connectivity index (χ1n) is 11.7. The zero-order valence-corrected chi connectivity index (χ0v) is 20.2. The van der Waals surface area contributed by atoms with Crippen LogP contribution in [0, 0.1) is 5.92 Å². The van der Waals surface area contributed by atoms with E-state index in [4.69, 9.17) is 17.2 Å². The number of nitrogens with zero attached hydrogens (tertiary/aromatic N) is 1. The summed E-state index contributed by atoms with van der Waals surface area (Å²) in [5.74, 6) is -4.44. The molecule has 0 aliphatic carbocycles. The zero-order chi connectivity index (χ0) is 26.5. The molecule has 11 N–H and O–H groups in total. The summed E-state index contributed by atoms with van der Waals surface area (Å²) in [7, 11) is 0. The third-order valence-corrected chi connectivity index (χ3v) is 5.77. The van der Waals surface area contributed by atoms with E-state index in [2.05, 4.69) is 26.3 Å². The third-order valence-electron chi connectivity index (χ3n) is 5.77. The van der Waals surface area contributed by atoms with Gasteiger partial charge in [0, 0.05) is 6.54 Å². The Labute approximate surface area is 204 Å². The number of nitrogens with two attached hydrogens (primary N) is 3. The Balaban J connectivity index is 3.00. The lowest BCUT2D eigenvalue weighted by atomic mass is 9.97. The smallest absolute Gasteiger partial charge is 0.326 e. The molecule has 0 aromatic carbocycles. The molecule has 0 radical (unpaired) electrons. The standard InChI is InChI=1S/C21H38N8O6/c1-3-11(2)16(29-17(31)12-6-4-8-25-12)19(33)27-13(7-5-9-26-21(23)24)18(32)28-14(20(34)35)10-15(22)30/h11-14,16,25H,3-10H2,1-2H3,(H2,22,30)(H,27,33)(H,28,32)(H,29,31)(H,34,35)(H4,23,24,26). The number of rotatable bonds is 15. The summed E-state index contributed by atoms with van der Waals surface area (Å²) in [5.41, 5.74) is 15.7. The predicted octanol–water partition coefficient (Wildman–Crippen LogP) is -2.75. The number of aliphatic imine (C=N–C) groups is 1. The molecule has 198 valence electrons. The van der Waals surface area contributed by atoms with E-state index in [1.807, 2.05) is 6.92 Å².